The van der Waals surface area contributed by atoms with Gasteiger partial charge in [-0.25, -0.2) is 5.43 Å². The van der Waals surface area contributed by atoms with Gasteiger partial charge in [0.2, 0.25) is 0 Å². The predicted octanol–water partition coefficient (Wildman–Crippen LogP) is 3.64. The molecule has 0 aromatic heterocycles. The average Bonchev–Trinajstić information content (AvgIpc) is 2.54. The number of hydrogen-bond acceptors (Lipinski definition) is 4. The molecule has 1 N–H and O–H groups in total. The van der Waals surface area contributed by atoms with Gasteiger partial charge in [-0.1, -0.05) is 23.7 Å². The Hall–Kier alpha value is -2.05. The minimum atomic E-state index is -0.369. The lowest BCUT2D eigenvalue weighted by atomic mass is 10.2. The second-order valence-electron chi connectivity index (χ2n) is 4.43. The molecular formula is C16H14BrClN2O3. The number of nitrogens with one attached hydrogen (secondary N) is 1. The summed E-state index contributed by atoms with van der Waals surface area (Å²) in [6.07, 6.45) is 1.53. The molecule has 0 saturated carbocycles. The Kier molecular flexibility index (Phi) is 6.43. The first-order valence-corrected chi connectivity index (χ1v) is 7.79. The maximum atomic E-state index is 11.7. The van der Waals surface area contributed by atoms with Crippen LogP contribution in [0.2, 0.25) is 5.02 Å². The van der Waals surface area contributed by atoms with Crippen LogP contribution in [-0.4, -0.2) is 25.8 Å². The summed E-state index contributed by atoms with van der Waals surface area (Å²) >= 11 is 9.15. The van der Waals surface area contributed by atoms with E-state index in [1.807, 2.05) is 18.2 Å². The first-order chi connectivity index (χ1) is 11.1. The molecule has 0 heterocycles. The summed E-state index contributed by atoms with van der Waals surface area (Å²) in [5.74, 6) is 0.878. The summed E-state index contributed by atoms with van der Waals surface area (Å²) in [4.78, 5) is 11.7. The van der Waals surface area contributed by atoms with E-state index in [9.17, 15) is 4.79 Å². The van der Waals surface area contributed by atoms with E-state index in [4.69, 9.17) is 21.1 Å². The molecule has 0 aliphatic heterocycles. The molecular weight excluding hydrogens is 384 g/mol. The molecule has 0 atom stereocenters. The summed E-state index contributed by atoms with van der Waals surface area (Å²) in [5.41, 5.74) is 3.20. The molecule has 0 spiro atoms. The Morgan fingerprint density at radius 3 is 2.91 bits per heavy atom. The van der Waals surface area contributed by atoms with E-state index < -0.39 is 0 Å². The maximum absolute atomic E-state index is 11.7. The van der Waals surface area contributed by atoms with Crippen molar-refractivity contribution in [2.24, 2.45) is 5.10 Å². The van der Waals surface area contributed by atoms with Gasteiger partial charge in [0.1, 0.15) is 11.5 Å². The number of ether oxygens (including phenoxy) is 2. The second kappa shape index (κ2) is 8.55. The van der Waals surface area contributed by atoms with E-state index in [1.54, 1.807) is 31.4 Å². The van der Waals surface area contributed by atoms with Crippen molar-refractivity contribution < 1.29 is 14.3 Å². The highest BCUT2D eigenvalue weighted by Crippen LogP contribution is 2.27. The summed E-state index contributed by atoms with van der Waals surface area (Å²) in [5, 5.41) is 4.45. The van der Waals surface area contributed by atoms with Gasteiger partial charge in [0.15, 0.2) is 6.61 Å². The van der Waals surface area contributed by atoms with Gasteiger partial charge in [0.05, 0.1) is 17.8 Å². The number of halogens is 2. The molecule has 0 bridgehead atoms. The van der Waals surface area contributed by atoms with E-state index in [0.29, 0.717) is 15.2 Å². The van der Waals surface area contributed by atoms with Crippen molar-refractivity contribution in [3.05, 3.63) is 57.5 Å². The summed E-state index contributed by atoms with van der Waals surface area (Å²) < 4.78 is 11.2. The highest BCUT2D eigenvalue weighted by atomic mass is 79.9. The van der Waals surface area contributed by atoms with Crippen molar-refractivity contribution in [3.63, 3.8) is 0 Å². The minimum absolute atomic E-state index is 0.157. The molecule has 0 radical (unpaired) electrons. The monoisotopic (exact) mass is 396 g/mol. The van der Waals surface area contributed by atoms with E-state index in [2.05, 4.69) is 26.5 Å². The van der Waals surface area contributed by atoms with Crippen molar-refractivity contribution in [1.29, 1.82) is 0 Å². The SMILES string of the molecule is COc1cccc(C=NNC(=O)COc2ccc(Cl)cc2Br)c1. The molecule has 2 rings (SSSR count). The molecule has 1 amide bonds. The fourth-order valence-corrected chi connectivity index (χ4v) is 2.47. The van der Waals surface area contributed by atoms with Crippen LogP contribution in [0.1, 0.15) is 5.56 Å². The lowest BCUT2D eigenvalue weighted by Gasteiger charge is -2.07. The number of benzene rings is 2. The van der Waals surface area contributed by atoms with Crippen LogP contribution >= 0.6 is 27.5 Å². The smallest absolute Gasteiger partial charge is 0.277 e. The number of carbonyl (C=O) groups is 1. The lowest BCUT2D eigenvalue weighted by molar-refractivity contribution is -0.123. The summed E-state index contributed by atoms with van der Waals surface area (Å²) in [6, 6.07) is 12.4. The van der Waals surface area contributed by atoms with E-state index >= 15 is 0 Å². The molecule has 0 unspecified atom stereocenters. The number of rotatable bonds is 6. The molecule has 5 nitrogen and oxygen atoms in total. The third kappa shape index (κ3) is 5.58. The van der Waals surface area contributed by atoms with Crippen molar-refractivity contribution in [3.8, 4) is 11.5 Å². The molecule has 0 aliphatic carbocycles. The Balaban J connectivity index is 1.83. The molecule has 7 heteroatoms. The third-order valence-corrected chi connectivity index (χ3v) is 3.60. The summed E-state index contributed by atoms with van der Waals surface area (Å²) in [7, 11) is 1.59. The van der Waals surface area contributed by atoms with Gasteiger partial charge in [-0.3, -0.25) is 4.79 Å². The Morgan fingerprint density at radius 2 is 2.17 bits per heavy atom. The van der Waals surface area contributed by atoms with Crippen molar-refractivity contribution in [2.45, 2.75) is 0 Å². The Bertz CT molecular complexity index is 722. The average molecular weight is 398 g/mol. The Labute approximate surface area is 147 Å². The van der Waals surface area contributed by atoms with E-state index in [-0.39, 0.29) is 12.5 Å². The number of carbonyl (C=O) groups excluding carboxylic acids is 1. The summed E-state index contributed by atoms with van der Waals surface area (Å²) in [6.45, 7) is -0.157. The zero-order valence-electron chi connectivity index (χ0n) is 12.3. The van der Waals surface area contributed by atoms with Crippen molar-refractivity contribution in [2.75, 3.05) is 13.7 Å². The van der Waals surface area contributed by atoms with Crippen LogP contribution in [0.4, 0.5) is 0 Å². The number of methoxy groups -OCH3 is 1. The Morgan fingerprint density at radius 1 is 1.35 bits per heavy atom. The molecule has 23 heavy (non-hydrogen) atoms. The van der Waals surface area contributed by atoms with Gasteiger partial charge >= 0.3 is 0 Å². The van der Waals surface area contributed by atoms with E-state index in [1.165, 1.54) is 6.21 Å². The van der Waals surface area contributed by atoms with Gasteiger partial charge < -0.3 is 9.47 Å². The quantitative estimate of drug-likeness (QED) is 0.598. The normalized spacial score (nSPS) is 10.6. The fraction of sp³-hybridized carbons (Fsp3) is 0.125. The fourth-order valence-electron chi connectivity index (χ4n) is 1.67. The second-order valence-corrected chi connectivity index (χ2v) is 5.72. The van der Waals surface area contributed by atoms with Crippen LogP contribution in [0.25, 0.3) is 0 Å². The highest BCUT2D eigenvalue weighted by molar-refractivity contribution is 9.10. The van der Waals surface area contributed by atoms with Crippen LogP contribution < -0.4 is 14.9 Å². The van der Waals surface area contributed by atoms with Gasteiger partial charge in [-0.05, 0) is 51.8 Å². The van der Waals surface area contributed by atoms with Gasteiger partial charge in [-0.2, -0.15) is 5.10 Å². The zero-order valence-corrected chi connectivity index (χ0v) is 14.6. The van der Waals surface area contributed by atoms with Crippen molar-refractivity contribution >= 4 is 39.7 Å². The van der Waals surface area contributed by atoms with Crippen LogP contribution in [0.15, 0.2) is 52.0 Å². The topological polar surface area (TPSA) is 59.9 Å². The van der Waals surface area contributed by atoms with Crippen molar-refractivity contribution in [1.82, 2.24) is 5.43 Å². The minimum Gasteiger partial charge on any atom is -0.497 e. The molecule has 0 fully saturated rings. The van der Waals surface area contributed by atoms with Crippen LogP contribution in [0.5, 0.6) is 11.5 Å². The molecule has 0 aliphatic rings. The number of hydrazone groups is 1. The first-order valence-electron chi connectivity index (χ1n) is 6.62. The molecule has 2 aromatic carbocycles. The number of amides is 1. The third-order valence-electron chi connectivity index (χ3n) is 2.75. The highest BCUT2D eigenvalue weighted by Gasteiger charge is 2.05. The number of nitrogens with zero attached hydrogens (tertiary/aromatic N) is 1. The van der Waals surface area contributed by atoms with Crippen LogP contribution in [-0.2, 0) is 4.79 Å². The predicted molar refractivity (Wildman–Crippen MR) is 93.4 cm³/mol. The van der Waals surface area contributed by atoms with Gasteiger partial charge in [0.25, 0.3) is 5.91 Å². The van der Waals surface area contributed by atoms with E-state index in [0.717, 1.165) is 11.3 Å². The van der Waals surface area contributed by atoms with Crippen LogP contribution in [0, 0.1) is 0 Å². The molecule has 120 valence electrons. The first kappa shape index (κ1) is 17.3. The zero-order chi connectivity index (χ0) is 16.7. The number of hydrogen-bond donors (Lipinski definition) is 1. The van der Waals surface area contributed by atoms with Crippen LogP contribution in [0.3, 0.4) is 0 Å². The standard InChI is InChI=1S/C16H14BrClN2O3/c1-22-13-4-2-3-11(7-13)9-19-20-16(21)10-23-15-6-5-12(18)8-14(15)17/h2-9H,10H2,1H3,(H,20,21). The maximum Gasteiger partial charge on any atom is 0.277 e. The van der Waals surface area contributed by atoms with Gasteiger partial charge in [0, 0.05) is 5.02 Å². The van der Waals surface area contributed by atoms with Gasteiger partial charge in [-0.15, -0.1) is 0 Å². The molecule has 0 saturated heterocycles. The molecule has 2 aromatic rings. The largest absolute Gasteiger partial charge is 0.497 e. The lowest BCUT2D eigenvalue weighted by Crippen LogP contribution is -2.24.